The first-order valence-electron chi connectivity index (χ1n) is 20.9. The van der Waals surface area contributed by atoms with E-state index >= 15 is 0 Å². The summed E-state index contributed by atoms with van der Waals surface area (Å²) in [7, 11) is 4.61. The minimum absolute atomic E-state index is 0. The molecule has 0 aromatic rings. The maximum absolute atomic E-state index is 14.3. The summed E-state index contributed by atoms with van der Waals surface area (Å²) in [5, 5.41) is 34.1. The first-order valence-corrected chi connectivity index (χ1v) is 20.9. The number of aliphatic hydroxyl groups is 3. The molecule has 1 amide bonds. The summed E-state index contributed by atoms with van der Waals surface area (Å²) in [5.41, 5.74) is 1.61. The number of fused-ring (bicyclic) bond motifs is 3. The molecule has 0 spiro atoms. The van der Waals surface area contributed by atoms with Gasteiger partial charge in [-0.05, 0) is 95.5 Å². The molecule has 14 heteroatoms. The molecule has 1 aliphatic carbocycles. The highest BCUT2D eigenvalue weighted by atomic mass is 16.7. The van der Waals surface area contributed by atoms with Crippen molar-refractivity contribution in [1.82, 2.24) is 11.1 Å². The van der Waals surface area contributed by atoms with Gasteiger partial charge in [-0.3, -0.25) is 14.4 Å². The summed E-state index contributed by atoms with van der Waals surface area (Å²) in [6, 6.07) is -1.14. The van der Waals surface area contributed by atoms with E-state index in [1.807, 2.05) is 32.9 Å². The molecule has 0 radical (unpaired) electrons. The van der Waals surface area contributed by atoms with Gasteiger partial charge >= 0.3 is 5.97 Å². The van der Waals surface area contributed by atoms with Gasteiger partial charge < -0.3 is 50.1 Å². The molecule has 4 rings (SSSR count). The lowest BCUT2D eigenvalue weighted by Gasteiger charge is -2.47. The maximum Gasteiger partial charge on any atom is 0.329 e. The number of amides is 1. The summed E-state index contributed by atoms with van der Waals surface area (Å²) in [6.07, 6.45) is 4.93. The van der Waals surface area contributed by atoms with Gasteiger partial charge in [0.25, 0.3) is 11.7 Å². The van der Waals surface area contributed by atoms with E-state index in [4.69, 9.17) is 23.7 Å². The van der Waals surface area contributed by atoms with Gasteiger partial charge in [0, 0.05) is 52.0 Å². The second-order valence-electron chi connectivity index (χ2n) is 17.3. The van der Waals surface area contributed by atoms with Crippen molar-refractivity contribution in [1.29, 1.82) is 0 Å². The normalized spacial score (nSPS) is 40.3. The van der Waals surface area contributed by atoms with Gasteiger partial charge in [-0.1, -0.05) is 44.6 Å². The zero-order valence-electron chi connectivity index (χ0n) is 36.1. The van der Waals surface area contributed by atoms with Crippen LogP contribution in [0.15, 0.2) is 36.0 Å². The van der Waals surface area contributed by atoms with E-state index in [9.17, 15) is 34.5 Å². The van der Waals surface area contributed by atoms with Crippen molar-refractivity contribution in [2.24, 2.45) is 29.6 Å². The number of carbonyl (C=O) groups excluding carboxylic acids is 4. The fourth-order valence-electron chi connectivity index (χ4n) is 9.42. The number of carbonyl (C=O) groups is 4. The van der Waals surface area contributed by atoms with Crippen LogP contribution in [0.3, 0.4) is 0 Å². The van der Waals surface area contributed by atoms with E-state index < -0.39 is 83.9 Å². The molecule has 3 heterocycles. The molecule has 4 aliphatic rings. The van der Waals surface area contributed by atoms with Crippen LogP contribution in [0, 0.1) is 29.6 Å². The monoisotopic (exact) mass is 821 g/mol. The van der Waals surface area contributed by atoms with Crippen molar-refractivity contribution in [2.45, 2.75) is 160 Å². The largest absolute Gasteiger partial charge is 0.456 e. The Morgan fingerprint density at radius 1 is 0.931 bits per heavy atom. The molecule has 14 atom stereocenters. The molecule has 58 heavy (non-hydrogen) atoms. The van der Waals surface area contributed by atoms with Gasteiger partial charge in [0.05, 0.1) is 30.5 Å². The number of ether oxygens (including phenoxy) is 5. The van der Waals surface area contributed by atoms with Crippen molar-refractivity contribution < 1.29 is 58.2 Å². The highest BCUT2D eigenvalue weighted by Crippen LogP contribution is 2.39. The van der Waals surface area contributed by atoms with Crippen molar-refractivity contribution in [2.75, 3.05) is 27.9 Å². The van der Waals surface area contributed by atoms with Crippen LogP contribution < -0.4 is 6.15 Å². The van der Waals surface area contributed by atoms with E-state index in [1.165, 1.54) is 19.1 Å². The predicted octanol–water partition coefficient (Wildman–Crippen LogP) is 4.80. The molecule has 3 aliphatic heterocycles. The number of hydrogen-bond acceptors (Lipinski definition) is 13. The fourth-order valence-corrected chi connectivity index (χ4v) is 9.42. The summed E-state index contributed by atoms with van der Waals surface area (Å²) in [6.45, 7) is 13.1. The Balaban J connectivity index is 0.00000900. The van der Waals surface area contributed by atoms with Crippen molar-refractivity contribution >= 4 is 23.4 Å². The van der Waals surface area contributed by atoms with Crippen molar-refractivity contribution in [3.05, 3.63) is 36.0 Å². The lowest BCUT2D eigenvalue weighted by atomic mass is 9.81. The third-order valence-electron chi connectivity index (χ3n) is 12.9. The molecule has 1 saturated carbocycles. The number of allylic oxidation sites excluding steroid dienone is 4. The van der Waals surface area contributed by atoms with Gasteiger partial charge in [0.2, 0.25) is 5.79 Å². The minimum Gasteiger partial charge on any atom is -0.456 e. The van der Waals surface area contributed by atoms with Crippen LogP contribution in [0.2, 0.25) is 0 Å². The number of esters is 1. The van der Waals surface area contributed by atoms with Crippen LogP contribution in [0.4, 0.5) is 0 Å². The van der Waals surface area contributed by atoms with Crippen LogP contribution >= 0.6 is 0 Å². The molecule has 0 aromatic heterocycles. The van der Waals surface area contributed by atoms with E-state index in [2.05, 4.69) is 6.58 Å². The first-order chi connectivity index (χ1) is 27.0. The smallest absolute Gasteiger partial charge is 0.329 e. The highest BCUT2D eigenvalue weighted by Gasteiger charge is 2.56. The van der Waals surface area contributed by atoms with E-state index in [0.29, 0.717) is 56.9 Å². The number of piperidine rings is 1. The highest BCUT2D eigenvalue weighted by molar-refractivity contribution is 6.39. The molecule has 330 valence electrons. The summed E-state index contributed by atoms with van der Waals surface area (Å²) < 4.78 is 29.7. The van der Waals surface area contributed by atoms with E-state index in [-0.39, 0.29) is 55.7 Å². The Hall–Kier alpha value is -2.82. The van der Waals surface area contributed by atoms with Crippen LogP contribution in [0.5, 0.6) is 0 Å². The summed E-state index contributed by atoms with van der Waals surface area (Å²) in [4.78, 5) is 57.8. The fraction of sp³-hybridized carbons (Fsp3) is 0.773. The summed E-state index contributed by atoms with van der Waals surface area (Å²) >= 11 is 0. The lowest BCUT2D eigenvalue weighted by Crippen LogP contribution is -2.64. The molecular formula is C44H72N2O12. The SMILES string of the molecule is C=CC[C@@H]1/C=C(\C)C[C@H](C)C[C@H](OC)[C@H]2O[C@@](O)(C(=O)C(=O)N3CCCC[C@H]3C(=O)O[C@H](/C(C)=C/C3CC[C@@H](O)[C@H](OC)C3)[C@H](C)[C@@H](O)CC1=O)[C@H](C)C[C@@H]2OC.N. The molecule has 2 saturated heterocycles. The number of ketones is 2. The number of aliphatic hydroxyl groups excluding tert-OH is 2. The standard InChI is InChI=1S/C44H69NO12.H3N/c1-10-13-31-19-25(2)18-26(3)20-37(54-8)40-38(55-9)22-28(5)44(52,57-40)41(49)42(50)45-17-12-11-14-32(45)43(51)56-39(29(6)34(47)24-35(31)48)27(4)21-30-15-16-33(46)36(23-30)53-7;/h10,19,21,26,28-34,36-40,46-47,52H,1,11-18,20,22-24H2,2-9H3;1H3/b25-19+,27-21+;/t26-,28+,29+,30?,31+,32-,33+,34-,36+,37-,38-,39+,40+,44+;/m0./s1. The Kier molecular flexibility index (Phi) is 18.9. The average Bonchev–Trinajstić information content (AvgIpc) is 3.18. The minimum atomic E-state index is -2.51. The average molecular weight is 821 g/mol. The quantitative estimate of drug-likeness (QED) is 0.155. The van der Waals surface area contributed by atoms with Gasteiger partial charge in [-0.2, -0.15) is 0 Å². The molecular weight excluding hydrogens is 748 g/mol. The van der Waals surface area contributed by atoms with Crippen LogP contribution in [-0.2, 0) is 42.9 Å². The third-order valence-corrected chi connectivity index (χ3v) is 12.9. The molecule has 0 aromatic carbocycles. The van der Waals surface area contributed by atoms with Crippen LogP contribution in [0.1, 0.15) is 105 Å². The maximum atomic E-state index is 14.3. The molecule has 3 fully saturated rings. The Bertz CT molecular complexity index is 1480. The number of rotatable bonds is 7. The molecule has 2 bridgehead atoms. The van der Waals surface area contributed by atoms with Crippen LogP contribution in [0.25, 0.3) is 0 Å². The van der Waals surface area contributed by atoms with Crippen LogP contribution in [-0.4, -0.2) is 126 Å². The topological polar surface area (TPSA) is 213 Å². The Labute approximate surface area is 345 Å². The zero-order chi connectivity index (χ0) is 42.2. The number of cyclic esters (lactones) is 1. The second-order valence-corrected chi connectivity index (χ2v) is 17.3. The Morgan fingerprint density at radius 2 is 1.59 bits per heavy atom. The molecule has 14 nitrogen and oxygen atoms in total. The second kappa shape index (κ2) is 22.1. The zero-order valence-corrected chi connectivity index (χ0v) is 36.1. The van der Waals surface area contributed by atoms with Gasteiger partial charge in [0.1, 0.15) is 24.0 Å². The summed E-state index contributed by atoms with van der Waals surface area (Å²) in [5.74, 6) is -7.76. The van der Waals surface area contributed by atoms with Gasteiger partial charge in [0.15, 0.2) is 0 Å². The Morgan fingerprint density at radius 3 is 2.22 bits per heavy atom. The number of methoxy groups -OCH3 is 3. The predicted molar refractivity (Wildman–Crippen MR) is 218 cm³/mol. The number of Topliss-reactive ketones (excluding diaryl/α,β-unsaturated/α-hetero) is 2. The van der Waals surface area contributed by atoms with Crippen molar-refractivity contribution in [3.63, 3.8) is 0 Å². The molecule has 1 unspecified atom stereocenters. The van der Waals surface area contributed by atoms with Gasteiger partial charge in [-0.25, -0.2) is 4.79 Å². The lowest BCUT2D eigenvalue weighted by molar-refractivity contribution is -0.302. The number of nitrogens with zero attached hydrogens (tertiary/aromatic N) is 1. The van der Waals surface area contributed by atoms with Gasteiger partial charge in [-0.15, -0.1) is 6.58 Å². The third kappa shape index (κ3) is 11.7. The first kappa shape index (κ1) is 49.5. The van der Waals surface area contributed by atoms with E-state index in [0.717, 1.165) is 5.57 Å². The van der Waals surface area contributed by atoms with Crippen molar-refractivity contribution in [3.8, 4) is 0 Å². The molecule has 6 N–H and O–H groups in total. The van der Waals surface area contributed by atoms with E-state index in [1.54, 1.807) is 27.0 Å². The number of hydrogen-bond donors (Lipinski definition) is 4.